The topological polar surface area (TPSA) is 64.9 Å². The van der Waals surface area contributed by atoms with Gasteiger partial charge in [0, 0.05) is 11.3 Å². The Labute approximate surface area is 108 Å². The van der Waals surface area contributed by atoms with Crippen LogP contribution in [0.25, 0.3) is 22.8 Å². The van der Waals surface area contributed by atoms with Gasteiger partial charge in [0.2, 0.25) is 5.82 Å². The third kappa shape index (κ3) is 2.18. The Balaban J connectivity index is 2.00. The summed E-state index contributed by atoms with van der Waals surface area (Å²) >= 11 is 0. The first-order valence-corrected chi connectivity index (χ1v) is 5.68. The molecule has 0 fully saturated rings. The second-order valence-electron chi connectivity index (χ2n) is 4.02. The zero-order valence-corrected chi connectivity index (χ0v) is 9.88. The second-order valence-corrected chi connectivity index (χ2v) is 4.02. The lowest BCUT2D eigenvalue weighted by Gasteiger charge is -1.95. The molecular weight excluding hydrogens is 245 g/mol. The normalized spacial score (nSPS) is 10.6. The molecular formula is C14H10FN3O. The minimum absolute atomic E-state index is 0.227. The molecule has 19 heavy (non-hydrogen) atoms. The number of hydrogen-bond donors (Lipinski definition) is 1. The zero-order chi connectivity index (χ0) is 13.2. The fourth-order valence-electron chi connectivity index (χ4n) is 1.72. The number of rotatable bonds is 2. The summed E-state index contributed by atoms with van der Waals surface area (Å²) in [6, 6.07) is 13.3. The maximum absolute atomic E-state index is 13.6. The summed E-state index contributed by atoms with van der Waals surface area (Å²) in [5.41, 5.74) is 7.31. The monoisotopic (exact) mass is 255 g/mol. The van der Waals surface area contributed by atoms with Crippen LogP contribution < -0.4 is 5.73 Å². The Kier molecular flexibility index (Phi) is 2.72. The Bertz CT molecular complexity index is 707. The molecule has 0 atom stereocenters. The predicted octanol–water partition coefficient (Wildman–Crippen LogP) is 3.12. The third-order valence-electron chi connectivity index (χ3n) is 2.70. The van der Waals surface area contributed by atoms with Crippen LogP contribution in [0.5, 0.6) is 0 Å². The van der Waals surface area contributed by atoms with Gasteiger partial charge in [-0.05, 0) is 36.4 Å². The van der Waals surface area contributed by atoms with Gasteiger partial charge < -0.3 is 10.3 Å². The first-order chi connectivity index (χ1) is 9.24. The maximum atomic E-state index is 13.6. The van der Waals surface area contributed by atoms with Crippen molar-refractivity contribution in [1.29, 1.82) is 0 Å². The summed E-state index contributed by atoms with van der Waals surface area (Å²) in [6.45, 7) is 0. The molecule has 3 rings (SSSR count). The molecule has 0 amide bonds. The maximum Gasteiger partial charge on any atom is 0.258 e. The first-order valence-electron chi connectivity index (χ1n) is 5.68. The van der Waals surface area contributed by atoms with E-state index in [0.717, 1.165) is 5.56 Å². The molecule has 0 aliphatic heterocycles. The number of nitrogens with two attached hydrogens (primary N) is 1. The number of aromatic nitrogens is 2. The Hall–Kier alpha value is -2.69. The van der Waals surface area contributed by atoms with Gasteiger partial charge in [0.25, 0.3) is 5.89 Å². The lowest BCUT2D eigenvalue weighted by molar-refractivity contribution is 0.432. The van der Waals surface area contributed by atoms with Gasteiger partial charge in [0.05, 0.1) is 5.56 Å². The number of benzene rings is 2. The SMILES string of the molecule is Nc1ccc(-c2nc(-c3ccccc3F)no2)cc1. The number of halogens is 1. The molecule has 0 spiro atoms. The van der Waals surface area contributed by atoms with E-state index in [9.17, 15) is 4.39 Å². The summed E-state index contributed by atoms with van der Waals surface area (Å²) in [5, 5.41) is 3.79. The summed E-state index contributed by atoms with van der Waals surface area (Å²) in [4.78, 5) is 4.18. The second kappa shape index (κ2) is 4.53. The highest BCUT2D eigenvalue weighted by Crippen LogP contribution is 2.24. The lowest BCUT2D eigenvalue weighted by Crippen LogP contribution is -1.86. The smallest absolute Gasteiger partial charge is 0.258 e. The molecule has 1 heterocycles. The molecule has 0 aliphatic rings. The van der Waals surface area contributed by atoms with Crippen molar-refractivity contribution in [2.45, 2.75) is 0 Å². The van der Waals surface area contributed by atoms with Crippen LogP contribution in [0.1, 0.15) is 0 Å². The van der Waals surface area contributed by atoms with Crippen LogP contribution in [0.4, 0.5) is 10.1 Å². The molecule has 0 aliphatic carbocycles. The highest BCUT2D eigenvalue weighted by Gasteiger charge is 2.13. The van der Waals surface area contributed by atoms with E-state index in [4.69, 9.17) is 10.3 Å². The molecule has 0 saturated heterocycles. The third-order valence-corrected chi connectivity index (χ3v) is 2.70. The van der Waals surface area contributed by atoms with Gasteiger partial charge in [-0.3, -0.25) is 0 Å². The fraction of sp³-hybridized carbons (Fsp3) is 0. The molecule has 0 unspecified atom stereocenters. The molecule has 2 aromatic carbocycles. The minimum atomic E-state index is -0.382. The summed E-state index contributed by atoms with van der Waals surface area (Å²) in [5.74, 6) is 0.176. The molecule has 94 valence electrons. The van der Waals surface area contributed by atoms with Crippen LogP contribution in [0.3, 0.4) is 0 Å². The van der Waals surface area contributed by atoms with Crippen LogP contribution >= 0.6 is 0 Å². The van der Waals surface area contributed by atoms with Crippen LogP contribution in [-0.4, -0.2) is 10.1 Å². The van der Waals surface area contributed by atoms with E-state index < -0.39 is 0 Å². The van der Waals surface area contributed by atoms with Gasteiger partial charge in [-0.1, -0.05) is 17.3 Å². The van der Waals surface area contributed by atoms with Crippen molar-refractivity contribution in [3.05, 3.63) is 54.3 Å². The summed E-state index contributed by atoms with van der Waals surface area (Å²) in [7, 11) is 0. The summed E-state index contributed by atoms with van der Waals surface area (Å²) in [6.07, 6.45) is 0. The highest BCUT2D eigenvalue weighted by molar-refractivity contribution is 5.61. The van der Waals surface area contributed by atoms with Gasteiger partial charge in [-0.25, -0.2) is 4.39 Å². The molecule has 0 radical (unpaired) electrons. The Morgan fingerprint density at radius 3 is 2.47 bits per heavy atom. The van der Waals surface area contributed by atoms with Crippen molar-refractivity contribution in [3.8, 4) is 22.8 Å². The van der Waals surface area contributed by atoms with Gasteiger partial charge in [-0.2, -0.15) is 4.98 Å². The Morgan fingerprint density at radius 1 is 1.00 bits per heavy atom. The minimum Gasteiger partial charge on any atom is -0.399 e. The van der Waals surface area contributed by atoms with Gasteiger partial charge in [0.15, 0.2) is 0 Å². The van der Waals surface area contributed by atoms with E-state index in [1.165, 1.54) is 6.07 Å². The van der Waals surface area contributed by atoms with Gasteiger partial charge >= 0.3 is 0 Å². The van der Waals surface area contributed by atoms with Crippen LogP contribution in [0.2, 0.25) is 0 Å². The lowest BCUT2D eigenvalue weighted by atomic mass is 10.2. The van der Waals surface area contributed by atoms with Gasteiger partial charge in [0.1, 0.15) is 5.82 Å². The molecule has 3 aromatic rings. The molecule has 1 aromatic heterocycles. The molecule has 4 nitrogen and oxygen atoms in total. The quantitative estimate of drug-likeness (QED) is 0.714. The van der Waals surface area contributed by atoms with Gasteiger partial charge in [-0.15, -0.1) is 0 Å². The average Bonchev–Trinajstić information content (AvgIpc) is 2.89. The van der Waals surface area contributed by atoms with Crippen LogP contribution in [0.15, 0.2) is 53.1 Å². The van der Waals surface area contributed by atoms with E-state index in [2.05, 4.69) is 10.1 Å². The van der Waals surface area contributed by atoms with Crippen molar-refractivity contribution < 1.29 is 8.91 Å². The van der Waals surface area contributed by atoms with E-state index >= 15 is 0 Å². The van der Waals surface area contributed by atoms with Crippen molar-refractivity contribution in [3.63, 3.8) is 0 Å². The number of nitrogens with zero attached hydrogens (tertiary/aromatic N) is 2. The predicted molar refractivity (Wildman–Crippen MR) is 69.5 cm³/mol. The first kappa shape index (κ1) is 11.4. The molecule has 5 heteroatoms. The van der Waals surface area contributed by atoms with Crippen molar-refractivity contribution in [2.24, 2.45) is 0 Å². The summed E-state index contributed by atoms with van der Waals surface area (Å²) < 4.78 is 18.7. The van der Waals surface area contributed by atoms with E-state index in [1.807, 2.05) is 0 Å². The largest absolute Gasteiger partial charge is 0.399 e. The molecule has 0 saturated carbocycles. The standard InChI is InChI=1S/C14H10FN3O/c15-12-4-2-1-3-11(12)13-17-14(19-18-13)9-5-7-10(16)8-6-9/h1-8H,16H2. The van der Waals surface area contributed by atoms with Crippen molar-refractivity contribution in [2.75, 3.05) is 5.73 Å². The number of hydrogen-bond acceptors (Lipinski definition) is 4. The molecule has 0 bridgehead atoms. The van der Waals surface area contributed by atoms with Crippen LogP contribution in [-0.2, 0) is 0 Å². The zero-order valence-electron chi connectivity index (χ0n) is 9.88. The average molecular weight is 255 g/mol. The number of nitrogen functional groups attached to an aromatic ring is 1. The Morgan fingerprint density at radius 2 is 1.74 bits per heavy atom. The number of anilines is 1. The van der Waals surface area contributed by atoms with E-state index in [0.29, 0.717) is 17.1 Å². The van der Waals surface area contributed by atoms with Crippen molar-refractivity contribution >= 4 is 5.69 Å². The fourth-order valence-corrected chi connectivity index (χ4v) is 1.72. The van der Waals surface area contributed by atoms with E-state index in [-0.39, 0.29) is 11.6 Å². The van der Waals surface area contributed by atoms with E-state index in [1.54, 1.807) is 42.5 Å². The van der Waals surface area contributed by atoms with Crippen molar-refractivity contribution in [1.82, 2.24) is 10.1 Å². The highest BCUT2D eigenvalue weighted by atomic mass is 19.1. The van der Waals surface area contributed by atoms with Crippen LogP contribution in [0, 0.1) is 5.82 Å². The molecule has 2 N–H and O–H groups in total.